The summed E-state index contributed by atoms with van der Waals surface area (Å²) >= 11 is 0. The van der Waals surface area contributed by atoms with Crippen LogP contribution in [0.4, 0.5) is 0 Å². The number of methoxy groups -OCH3 is 2. The lowest BCUT2D eigenvalue weighted by atomic mass is 9.69. The Morgan fingerprint density at radius 2 is 1.77 bits per heavy atom. The van der Waals surface area contributed by atoms with Crippen molar-refractivity contribution in [2.45, 2.75) is 44.1 Å². The summed E-state index contributed by atoms with van der Waals surface area (Å²) in [5.41, 5.74) is 0.553. The Morgan fingerprint density at radius 3 is 2.27 bits per heavy atom. The van der Waals surface area contributed by atoms with Crippen LogP contribution in [0.3, 0.4) is 0 Å². The van der Waals surface area contributed by atoms with Gasteiger partial charge in [-0.3, -0.25) is 8.98 Å². The van der Waals surface area contributed by atoms with Crippen molar-refractivity contribution in [3.63, 3.8) is 0 Å². The first-order chi connectivity index (χ1) is 12.2. The van der Waals surface area contributed by atoms with Gasteiger partial charge >= 0.3 is 5.97 Å². The second kappa shape index (κ2) is 8.26. The minimum absolute atomic E-state index is 0.226. The van der Waals surface area contributed by atoms with Crippen molar-refractivity contribution in [1.29, 1.82) is 0 Å². The van der Waals surface area contributed by atoms with E-state index in [-0.39, 0.29) is 18.7 Å². The lowest BCUT2D eigenvalue weighted by molar-refractivity contribution is -0.143. The van der Waals surface area contributed by atoms with Gasteiger partial charge in [0.2, 0.25) is 0 Å². The quantitative estimate of drug-likeness (QED) is 0.525. The maximum atomic E-state index is 11.4. The molecule has 0 aromatic heterocycles. The van der Waals surface area contributed by atoms with E-state index < -0.39 is 15.5 Å². The van der Waals surface area contributed by atoms with E-state index in [1.807, 2.05) is 18.2 Å². The fourth-order valence-electron chi connectivity index (χ4n) is 3.41. The van der Waals surface area contributed by atoms with Crippen LogP contribution in [0.1, 0.15) is 38.2 Å². The fourth-order valence-corrected chi connectivity index (χ4v) is 4.10. The number of carbonyl (C=O) groups excluding carboxylic acids is 1. The summed E-state index contributed by atoms with van der Waals surface area (Å²) in [7, 11) is -0.357. The Morgan fingerprint density at radius 1 is 1.15 bits per heavy atom. The molecule has 0 N–H and O–H groups in total. The summed E-state index contributed by atoms with van der Waals surface area (Å²) in [6, 6.07) is 5.64. The predicted octanol–water partition coefficient (Wildman–Crippen LogP) is 2.42. The van der Waals surface area contributed by atoms with Gasteiger partial charge in [0.25, 0.3) is 10.1 Å². The monoisotopic (exact) mass is 386 g/mol. The molecule has 2 rings (SSSR count). The van der Waals surface area contributed by atoms with Crippen LogP contribution in [0.15, 0.2) is 18.2 Å². The summed E-state index contributed by atoms with van der Waals surface area (Å²) in [4.78, 5) is 11.4. The maximum Gasteiger partial charge on any atom is 0.302 e. The third kappa shape index (κ3) is 5.11. The Balaban J connectivity index is 2.28. The summed E-state index contributed by atoms with van der Waals surface area (Å²) < 4.78 is 43.9. The van der Waals surface area contributed by atoms with E-state index in [4.69, 9.17) is 18.4 Å². The van der Waals surface area contributed by atoms with Gasteiger partial charge in [-0.1, -0.05) is 6.07 Å². The molecule has 1 fully saturated rings. The molecule has 0 aliphatic heterocycles. The van der Waals surface area contributed by atoms with Gasteiger partial charge < -0.3 is 14.2 Å². The molecule has 1 aromatic rings. The zero-order valence-electron chi connectivity index (χ0n) is 15.6. The van der Waals surface area contributed by atoms with Crippen LogP contribution in [0.2, 0.25) is 0 Å². The molecule has 0 heterocycles. The van der Waals surface area contributed by atoms with Gasteiger partial charge in [-0.25, -0.2) is 0 Å². The predicted molar refractivity (Wildman–Crippen MR) is 96.0 cm³/mol. The molecule has 0 bridgehead atoms. The zero-order chi connectivity index (χ0) is 19.4. The summed E-state index contributed by atoms with van der Waals surface area (Å²) in [5.74, 6) is 0.869. The third-order valence-electron chi connectivity index (χ3n) is 4.75. The highest BCUT2D eigenvalue weighted by Crippen LogP contribution is 2.43. The maximum absolute atomic E-state index is 11.4. The van der Waals surface area contributed by atoms with E-state index in [0.29, 0.717) is 37.2 Å². The first-order valence-electron chi connectivity index (χ1n) is 8.43. The number of carbonyl (C=O) groups is 1. The lowest BCUT2D eigenvalue weighted by Crippen LogP contribution is -2.39. The lowest BCUT2D eigenvalue weighted by Gasteiger charge is -2.39. The average Bonchev–Trinajstić information content (AvgIpc) is 2.59. The molecular formula is C18H26O7S. The molecule has 0 saturated heterocycles. The largest absolute Gasteiger partial charge is 0.493 e. The smallest absolute Gasteiger partial charge is 0.302 e. The van der Waals surface area contributed by atoms with Gasteiger partial charge in [0.15, 0.2) is 11.5 Å². The van der Waals surface area contributed by atoms with E-state index in [0.717, 1.165) is 11.8 Å². The number of rotatable bonds is 7. The first-order valence-corrected chi connectivity index (χ1v) is 10.2. The number of hydrogen-bond acceptors (Lipinski definition) is 7. The molecule has 146 valence electrons. The summed E-state index contributed by atoms with van der Waals surface area (Å²) in [6.07, 6.45) is 3.09. The molecule has 0 radical (unpaired) electrons. The van der Waals surface area contributed by atoms with Gasteiger partial charge in [-0.2, -0.15) is 8.42 Å². The molecule has 7 nitrogen and oxygen atoms in total. The normalized spacial score (nSPS) is 23.3. The first kappa shape index (κ1) is 20.5. The van der Waals surface area contributed by atoms with Crippen LogP contribution in [0.25, 0.3) is 0 Å². The molecule has 1 saturated carbocycles. The van der Waals surface area contributed by atoms with E-state index in [2.05, 4.69) is 0 Å². The van der Waals surface area contributed by atoms with Gasteiger partial charge in [0.05, 0.1) is 26.6 Å². The van der Waals surface area contributed by atoms with Crippen LogP contribution < -0.4 is 9.47 Å². The van der Waals surface area contributed by atoms with Crippen LogP contribution in [0.5, 0.6) is 11.5 Å². The molecular weight excluding hydrogens is 360 g/mol. The van der Waals surface area contributed by atoms with Crippen molar-refractivity contribution in [3.05, 3.63) is 23.8 Å². The third-order valence-corrected chi connectivity index (χ3v) is 5.37. The summed E-state index contributed by atoms with van der Waals surface area (Å²) in [6.45, 7) is 1.60. The van der Waals surface area contributed by atoms with Crippen molar-refractivity contribution in [2.24, 2.45) is 0 Å². The highest BCUT2D eigenvalue weighted by atomic mass is 32.2. The van der Waals surface area contributed by atoms with Gasteiger partial charge in [-0.15, -0.1) is 0 Å². The molecule has 8 heteroatoms. The standard InChI is InChI=1S/C18H26O7S/c1-13(19)24-12-18(9-7-15(8-10-18)25-26(4,20)21)14-5-6-16(22-2)17(11-14)23-3/h5-6,11,15H,7-10,12H2,1-4H3/t15-,18+. The number of hydrogen-bond donors (Lipinski definition) is 0. The zero-order valence-corrected chi connectivity index (χ0v) is 16.4. The molecule has 26 heavy (non-hydrogen) atoms. The Hall–Kier alpha value is -1.80. The minimum atomic E-state index is -3.49. The van der Waals surface area contributed by atoms with Gasteiger partial charge in [0.1, 0.15) is 6.61 Å². The second-order valence-corrected chi connectivity index (χ2v) is 8.23. The Labute approximate surface area is 154 Å². The number of esters is 1. The van der Waals surface area contributed by atoms with E-state index >= 15 is 0 Å². The molecule has 1 aromatic carbocycles. The van der Waals surface area contributed by atoms with E-state index in [9.17, 15) is 13.2 Å². The van der Waals surface area contributed by atoms with E-state index in [1.54, 1.807) is 14.2 Å². The van der Waals surface area contributed by atoms with Crippen LogP contribution >= 0.6 is 0 Å². The second-order valence-electron chi connectivity index (χ2n) is 6.63. The molecule has 0 unspecified atom stereocenters. The molecule has 1 aliphatic carbocycles. The number of ether oxygens (including phenoxy) is 3. The fraction of sp³-hybridized carbons (Fsp3) is 0.611. The molecule has 0 spiro atoms. The molecule has 1 aliphatic rings. The highest BCUT2D eigenvalue weighted by molar-refractivity contribution is 7.86. The topological polar surface area (TPSA) is 88.1 Å². The Kier molecular flexibility index (Phi) is 6.52. The van der Waals surface area contributed by atoms with Crippen LogP contribution in [-0.2, 0) is 29.2 Å². The van der Waals surface area contributed by atoms with Gasteiger partial charge in [-0.05, 0) is 43.4 Å². The highest BCUT2D eigenvalue weighted by Gasteiger charge is 2.39. The van der Waals surface area contributed by atoms with E-state index in [1.165, 1.54) is 6.92 Å². The Bertz CT molecular complexity index is 734. The van der Waals surface area contributed by atoms with Crippen molar-refractivity contribution >= 4 is 16.1 Å². The van der Waals surface area contributed by atoms with Gasteiger partial charge in [0, 0.05) is 12.3 Å². The van der Waals surface area contributed by atoms with Crippen molar-refractivity contribution in [3.8, 4) is 11.5 Å². The SMILES string of the molecule is COc1ccc([C@]2(COC(C)=O)CC[C@H](OS(C)(=O)=O)CC2)cc1OC. The van der Waals surface area contributed by atoms with Crippen molar-refractivity contribution in [1.82, 2.24) is 0 Å². The summed E-state index contributed by atoms with van der Waals surface area (Å²) in [5, 5.41) is 0. The molecule has 0 amide bonds. The van der Waals surface area contributed by atoms with Crippen LogP contribution in [-0.4, -0.2) is 47.6 Å². The van der Waals surface area contributed by atoms with Crippen molar-refractivity contribution in [2.75, 3.05) is 27.1 Å². The number of benzene rings is 1. The average molecular weight is 386 g/mol. The minimum Gasteiger partial charge on any atom is -0.493 e. The van der Waals surface area contributed by atoms with Crippen molar-refractivity contribution < 1.29 is 31.6 Å². The van der Waals surface area contributed by atoms with Crippen LogP contribution in [0, 0.1) is 0 Å². The molecule has 0 atom stereocenters.